The van der Waals surface area contributed by atoms with Crippen LogP contribution in [0, 0.1) is 0 Å². The zero-order valence-corrected chi connectivity index (χ0v) is 8.51. The molecular formula is C12H10N4. The summed E-state index contributed by atoms with van der Waals surface area (Å²) >= 11 is 0. The second-order valence-electron chi connectivity index (χ2n) is 3.54. The van der Waals surface area contributed by atoms with Crippen LogP contribution in [0.3, 0.4) is 0 Å². The number of benzene rings is 1. The monoisotopic (exact) mass is 210 g/mol. The van der Waals surface area contributed by atoms with E-state index >= 15 is 0 Å². The van der Waals surface area contributed by atoms with Crippen LogP contribution in [0.5, 0.6) is 0 Å². The van der Waals surface area contributed by atoms with Crippen molar-refractivity contribution in [1.82, 2.24) is 15.0 Å². The number of nitrogens with two attached hydrogens (primary N) is 1. The number of aromatic nitrogens is 3. The zero-order valence-electron chi connectivity index (χ0n) is 8.51. The molecule has 16 heavy (non-hydrogen) atoms. The molecule has 0 aliphatic rings. The highest BCUT2D eigenvalue weighted by molar-refractivity contribution is 5.86. The number of hydrogen-bond donors (Lipinski definition) is 2. The number of H-pyrrole nitrogens is 1. The largest absolute Gasteiger partial charge is 0.382 e. The summed E-state index contributed by atoms with van der Waals surface area (Å²) in [4.78, 5) is 11.7. The number of anilines is 1. The van der Waals surface area contributed by atoms with Crippen LogP contribution >= 0.6 is 0 Å². The maximum Gasteiger partial charge on any atom is 0.162 e. The van der Waals surface area contributed by atoms with Crippen LogP contribution < -0.4 is 5.73 Å². The van der Waals surface area contributed by atoms with Crippen LogP contribution in [0.2, 0.25) is 0 Å². The molecule has 2 heterocycles. The van der Waals surface area contributed by atoms with Gasteiger partial charge < -0.3 is 10.7 Å². The van der Waals surface area contributed by atoms with E-state index in [-0.39, 0.29) is 0 Å². The smallest absolute Gasteiger partial charge is 0.162 e. The van der Waals surface area contributed by atoms with Crippen molar-refractivity contribution in [3.8, 4) is 11.4 Å². The number of nitrogens with one attached hydrogen (secondary N) is 1. The predicted molar refractivity (Wildman–Crippen MR) is 63.7 cm³/mol. The Kier molecular flexibility index (Phi) is 1.86. The Morgan fingerprint density at radius 2 is 1.81 bits per heavy atom. The second-order valence-corrected chi connectivity index (χ2v) is 3.54. The predicted octanol–water partition coefficient (Wildman–Crippen LogP) is 2.21. The molecule has 0 atom stereocenters. The van der Waals surface area contributed by atoms with Crippen molar-refractivity contribution in [1.29, 1.82) is 0 Å². The summed E-state index contributed by atoms with van der Waals surface area (Å²) in [5.41, 5.74) is 8.46. The Hall–Kier alpha value is -2.36. The molecule has 3 N–H and O–H groups in total. The van der Waals surface area contributed by atoms with E-state index in [0.29, 0.717) is 11.6 Å². The fourth-order valence-corrected chi connectivity index (χ4v) is 1.68. The minimum absolute atomic E-state index is 0.480. The van der Waals surface area contributed by atoms with E-state index in [9.17, 15) is 0 Å². The molecule has 0 amide bonds. The number of fused-ring (bicyclic) bond motifs is 1. The summed E-state index contributed by atoms with van der Waals surface area (Å²) in [5.74, 6) is 1.14. The highest BCUT2D eigenvalue weighted by Gasteiger charge is 2.06. The number of rotatable bonds is 1. The molecular weight excluding hydrogens is 200 g/mol. The lowest BCUT2D eigenvalue weighted by molar-refractivity contribution is 1.23. The van der Waals surface area contributed by atoms with Crippen molar-refractivity contribution in [2.75, 3.05) is 5.73 Å². The van der Waals surface area contributed by atoms with E-state index in [4.69, 9.17) is 5.73 Å². The van der Waals surface area contributed by atoms with Crippen LogP contribution in [-0.4, -0.2) is 15.0 Å². The number of hydrogen-bond acceptors (Lipinski definition) is 3. The van der Waals surface area contributed by atoms with Gasteiger partial charge in [0.2, 0.25) is 0 Å². The van der Waals surface area contributed by atoms with Crippen molar-refractivity contribution in [2.45, 2.75) is 0 Å². The molecule has 1 aromatic carbocycles. The molecule has 0 fully saturated rings. The van der Waals surface area contributed by atoms with Gasteiger partial charge in [-0.25, -0.2) is 9.97 Å². The summed E-state index contributed by atoms with van der Waals surface area (Å²) in [6.07, 6.45) is 1.81. The van der Waals surface area contributed by atoms with Gasteiger partial charge >= 0.3 is 0 Å². The third-order valence-electron chi connectivity index (χ3n) is 2.47. The van der Waals surface area contributed by atoms with Crippen LogP contribution in [0.4, 0.5) is 5.82 Å². The van der Waals surface area contributed by atoms with Gasteiger partial charge in [0.25, 0.3) is 0 Å². The topological polar surface area (TPSA) is 67.6 Å². The summed E-state index contributed by atoms with van der Waals surface area (Å²) < 4.78 is 0. The molecule has 3 rings (SSSR count). The maximum atomic E-state index is 5.86. The highest BCUT2D eigenvalue weighted by atomic mass is 15.0. The summed E-state index contributed by atoms with van der Waals surface area (Å²) in [5, 5.41) is 0. The van der Waals surface area contributed by atoms with Gasteiger partial charge in [0.1, 0.15) is 5.52 Å². The number of nitrogens with zero attached hydrogens (tertiary/aromatic N) is 2. The van der Waals surface area contributed by atoms with E-state index in [0.717, 1.165) is 16.6 Å². The van der Waals surface area contributed by atoms with E-state index < -0.39 is 0 Å². The lowest BCUT2D eigenvalue weighted by Crippen LogP contribution is -1.96. The SMILES string of the molecule is Nc1nc(-c2ccccc2)nc2cc[nH]c12. The number of aromatic amines is 1. The molecule has 0 spiro atoms. The van der Waals surface area contributed by atoms with Crippen molar-refractivity contribution >= 4 is 16.9 Å². The normalized spacial score (nSPS) is 10.8. The van der Waals surface area contributed by atoms with E-state index in [1.54, 1.807) is 0 Å². The Morgan fingerprint density at radius 3 is 2.62 bits per heavy atom. The van der Waals surface area contributed by atoms with Crippen molar-refractivity contribution in [2.24, 2.45) is 0 Å². The van der Waals surface area contributed by atoms with Crippen molar-refractivity contribution < 1.29 is 0 Å². The molecule has 2 aromatic heterocycles. The molecule has 3 aromatic rings. The molecule has 0 aliphatic heterocycles. The molecule has 0 saturated carbocycles. The first-order valence-electron chi connectivity index (χ1n) is 5.00. The average Bonchev–Trinajstić information content (AvgIpc) is 2.79. The lowest BCUT2D eigenvalue weighted by Gasteiger charge is -2.02. The highest BCUT2D eigenvalue weighted by Crippen LogP contribution is 2.21. The summed E-state index contributed by atoms with van der Waals surface area (Å²) in [6, 6.07) is 11.7. The van der Waals surface area contributed by atoms with Gasteiger partial charge in [-0.1, -0.05) is 30.3 Å². The first-order valence-corrected chi connectivity index (χ1v) is 5.00. The standard InChI is InChI=1S/C12H10N4/c13-11-10-9(6-7-14-10)15-12(16-11)8-4-2-1-3-5-8/h1-7,14H,(H2,13,15,16). The van der Waals surface area contributed by atoms with Gasteiger partial charge in [-0.05, 0) is 6.07 Å². The summed E-state index contributed by atoms with van der Waals surface area (Å²) in [7, 11) is 0. The molecule has 0 saturated heterocycles. The zero-order chi connectivity index (χ0) is 11.0. The molecule has 4 nitrogen and oxygen atoms in total. The molecule has 78 valence electrons. The van der Waals surface area contributed by atoms with Crippen LogP contribution in [0.1, 0.15) is 0 Å². The Labute approximate surface area is 92.2 Å². The molecule has 0 bridgehead atoms. The second kappa shape index (κ2) is 3.34. The van der Waals surface area contributed by atoms with Crippen molar-refractivity contribution in [3.05, 3.63) is 42.6 Å². The van der Waals surface area contributed by atoms with Crippen molar-refractivity contribution in [3.63, 3.8) is 0 Å². The van der Waals surface area contributed by atoms with E-state index in [1.165, 1.54) is 0 Å². The first-order chi connectivity index (χ1) is 7.84. The fourth-order valence-electron chi connectivity index (χ4n) is 1.68. The average molecular weight is 210 g/mol. The van der Waals surface area contributed by atoms with Crippen LogP contribution in [0.25, 0.3) is 22.4 Å². The first kappa shape index (κ1) is 8.91. The fraction of sp³-hybridized carbons (Fsp3) is 0. The van der Waals surface area contributed by atoms with Crippen LogP contribution in [0.15, 0.2) is 42.6 Å². The van der Waals surface area contributed by atoms with Gasteiger partial charge in [0.15, 0.2) is 11.6 Å². The lowest BCUT2D eigenvalue weighted by atomic mass is 10.2. The molecule has 4 heteroatoms. The Bertz CT molecular complexity index is 628. The van der Waals surface area contributed by atoms with Crippen LogP contribution in [-0.2, 0) is 0 Å². The number of nitrogen functional groups attached to an aromatic ring is 1. The maximum absolute atomic E-state index is 5.86. The third kappa shape index (κ3) is 1.32. The Morgan fingerprint density at radius 1 is 1.00 bits per heavy atom. The molecule has 0 aliphatic carbocycles. The Balaban J connectivity index is 2.25. The third-order valence-corrected chi connectivity index (χ3v) is 2.47. The molecule has 0 radical (unpaired) electrons. The van der Waals surface area contributed by atoms with Gasteiger partial charge in [0, 0.05) is 11.8 Å². The van der Waals surface area contributed by atoms with Gasteiger partial charge in [-0.2, -0.15) is 0 Å². The van der Waals surface area contributed by atoms with Gasteiger partial charge in [0.05, 0.1) is 5.52 Å². The minimum atomic E-state index is 0.480. The molecule has 0 unspecified atom stereocenters. The summed E-state index contributed by atoms with van der Waals surface area (Å²) in [6.45, 7) is 0. The minimum Gasteiger partial charge on any atom is -0.382 e. The van der Waals surface area contributed by atoms with Gasteiger partial charge in [-0.15, -0.1) is 0 Å². The quantitative estimate of drug-likeness (QED) is 0.647. The van der Waals surface area contributed by atoms with E-state index in [1.807, 2.05) is 42.6 Å². The van der Waals surface area contributed by atoms with E-state index in [2.05, 4.69) is 15.0 Å². The van der Waals surface area contributed by atoms with Gasteiger partial charge in [-0.3, -0.25) is 0 Å².